The molecule has 0 saturated carbocycles. The van der Waals surface area contributed by atoms with Crippen molar-refractivity contribution in [3.05, 3.63) is 96.1 Å². The van der Waals surface area contributed by atoms with Gasteiger partial charge in [-0.25, -0.2) is 0 Å². The Hall–Kier alpha value is -4.11. The van der Waals surface area contributed by atoms with Gasteiger partial charge >= 0.3 is 0 Å². The minimum atomic E-state index is -0.957. The van der Waals surface area contributed by atoms with Crippen molar-refractivity contribution in [1.82, 2.24) is 16.0 Å². The van der Waals surface area contributed by atoms with Crippen molar-refractivity contribution in [2.75, 3.05) is 11.4 Å². The second kappa shape index (κ2) is 11.5. The summed E-state index contributed by atoms with van der Waals surface area (Å²) in [5.41, 5.74) is 2.44. The highest BCUT2D eigenvalue weighted by Gasteiger charge is 2.41. The molecule has 9 heteroatoms. The van der Waals surface area contributed by atoms with Crippen molar-refractivity contribution in [2.45, 2.75) is 41.6 Å². The second-order valence-electron chi connectivity index (χ2n) is 9.25. The van der Waals surface area contributed by atoms with Gasteiger partial charge in [0.05, 0.1) is 10.9 Å². The molecule has 0 spiro atoms. The lowest BCUT2D eigenvalue weighted by Crippen LogP contribution is -2.55. The van der Waals surface area contributed by atoms with Crippen molar-refractivity contribution < 1.29 is 19.2 Å². The molecule has 2 aliphatic heterocycles. The number of fused-ring (bicyclic) bond motifs is 1. The molecule has 0 radical (unpaired) electrons. The highest BCUT2D eigenvalue weighted by molar-refractivity contribution is 7.99. The van der Waals surface area contributed by atoms with Crippen LogP contribution in [0.15, 0.2) is 89.8 Å². The summed E-state index contributed by atoms with van der Waals surface area (Å²) >= 11 is 1.47. The minimum absolute atomic E-state index is 0.185. The van der Waals surface area contributed by atoms with Crippen LogP contribution in [-0.4, -0.2) is 42.3 Å². The van der Waals surface area contributed by atoms with Crippen molar-refractivity contribution >= 4 is 41.1 Å². The van der Waals surface area contributed by atoms with E-state index >= 15 is 0 Å². The molecule has 38 heavy (non-hydrogen) atoms. The van der Waals surface area contributed by atoms with E-state index in [1.165, 1.54) is 16.7 Å². The Kier molecular flexibility index (Phi) is 7.74. The number of para-hydroxylation sites is 1. The molecule has 2 aliphatic rings. The lowest BCUT2D eigenvalue weighted by atomic mass is 10.0. The fraction of sp³-hybridized carbons (Fsp3) is 0.241. The van der Waals surface area contributed by atoms with Crippen LogP contribution in [0.5, 0.6) is 0 Å². The summed E-state index contributed by atoms with van der Waals surface area (Å²) in [6.07, 6.45) is 0.646. The third-order valence-corrected chi connectivity index (χ3v) is 8.01. The van der Waals surface area contributed by atoms with Crippen LogP contribution >= 0.6 is 11.8 Å². The smallest absolute Gasteiger partial charge is 0.251 e. The molecule has 0 aromatic heterocycles. The maximum Gasteiger partial charge on any atom is 0.251 e. The normalized spacial score (nSPS) is 20.7. The maximum atomic E-state index is 14.1. The van der Waals surface area contributed by atoms with Crippen LogP contribution in [-0.2, 0) is 25.7 Å². The summed E-state index contributed by atoms with van der Waals surface area (Å²) in [6.45, 7) is 0.142. The quantitative estimate of drug-likeness (QED) is 0.437. The van der Waals surface area contributed by atoms with E-state index in [4.69, 9.17) is 0 Å². The number of carbonyl (C=O) groups excluding carboxylic acids is 4. The first kappa shape index (κ1) is 25.5. The van der Waals surface area contributed by atoms with Gasteiger partial charge in [-0.05, 0) is 29.7 Å². The third kappa shape index (κ3) is 5.73. The van der Waals surface area contributed by atoms with Crippen molar-refractivity contribution in [3.8, 4) is 0 Å². The molecule has 0 unspecified atom stereocenters. The molecule has 3 atom stereocenters. The van der Waals surface area contributed by atoms with Crippen LogP contribution in [0.4, 0.5) is 5.69 Å². The summed E-state index contributed by atoms with van der Waals surface area (Å²) in [5.74, 6) is -1.29. The van der Waals surface area contributed by atoms with Gasteiger partial charge in [0, 0.05) is 17.9 Å². The monoisotopic (exact) mass is 528 g/mol. The standard InChI is InChI=1S/C29H28N4O4S/c34-24-16-15-21(31-24)28(36)32-26-27(20-11-5-2-6-12-20)38-23-14-8-7-13-22(23)33(29(26)37)18-25(35)30-17-19-9-3-1-4-10-19/h1-14,21,26-27H,15-18H2,(H,30,35)(H,31,34)(H,32,36)/t21-,26-,27+/m0/s1. The van der Waals surface area contributed by atoms with Gasteiger partial charge in [-0.2, -0.15) is 0 Å². The third-order valence-electron chi connectivity index (χ3n) is 6.62. The Bertz CT molecular complexity index is 1330. The summed E-state index contributed by atoms with van der Waals surface area (Å²) < 4.78 is 0. The Morgan fingerprint density at radius 1 is 0.921 bits per heavy atom. The number of benzene rings is 3. The van der Waals surface area contributed by atoms with E-state index in [9.17, 15) is 19.2 Å². The minimum Gasteiger partial charge on any atom is -0.350 e. The van der Waals surface area contributed by atoms with Crippen LogP contribution in [0.3, 0.4) is 0 Å². The summed E-state index contributed by atoms with van der Waals surface area (Å²) in [6, 6.07) is 24.9. The van der Waals surface area contributed by atoms with Crippen LogP contribution < -0.4 is 20.9 Å². The zero-order valence-electron chi connectivity index (χ0n) is 20.6. The average molecular weight is 529 g/mol. The number of anilines is 1. The molecule has 3 aromatic rings. The summed E-state index contributed by atoms with van der Waals surface area (Å²) in [7, 11) is 0. The van der Waals surface area contributed by atoms with Gasteiger partial charge < -0.3 is 20.9 Å². The van der Waals surface area contributed by atoms with Crippen LogP contribution in [0.25, 0.3) is 0 Å². The summed E-state index contributed by atoms with van der Waals surface area (Å²) in [5, 5.41) is 8.04. The fourth-order valence-corrected chi connectivity index (χ4v) is 6.01. The lowest BCUT2D eigenvalue weighted by molar-refractivity contribution is -0.130. The van der Waals surface area contributed by atoms with E-state index in [1.54, 1.807) is 0 Å². The highest BCUT2D eigenvalue weighted by atomic mass is 32.2. The number of nitrogens with one attached hydrogen (secondary N) is 3. The number of rotatable bonds is 7. The molecule has 1 saturated heterocycles. The highest BCUT2D eigenvalue weighted by Crippen LogP contribution is 2.45. The van der Waals surface area contributed by atoms with Gasteiger partial charge in [0.1, 0.15) is 18.6 Å². The Morgan fingerprint density at radius 3 is 2.32 bits per heavy atom. The molecule has 8 nitrogen and oxygen atoms in total. The molecule has 5 rings (SSSR count). The Balaban J connectivity index is 1.44. The Morgan fingerprint density at radius 2 is 1.61 bits per heavy atom. The van der Waals surface area contributed by atoms with Gasteiger partial charge in [0.2, 0.25) is 17.7 Å². The number of thioether (sulfide) groups is 1. The van der Waals surface area contributed by atoms with E-state index in [0.717, 1.165) is 16.0 Å². The molecule has 4 amide bonds. The van der Waals surface area contributed by atoms with E-state index in [-0.39, 0.29) is 30.7 Å². The molecule has 194 valence electrons. The van der Waals surface area contributed by atoms with Crippen molar-refractivity contribution in [1.29, 1.82) is 0 Å². The first-order valence-corrected chi connectivity index (χ1v) is 13.4. The predicted molar refractivity (Wildman–Crippen MR) is 145 cm³/mol. The lowest BCUT2D eigenvalue weighted by Gasteiger charge is -2.29. The van der Waals surface area contributed by atoms with Crippen molar-refractivity contribution in [2.24, 2.45) is 0 Å². The topological polar surface area (TPSA) is 108 Å². The number of carbonyl (C=O) groups is 4. The van der Waals surface area contributed by atoms with Gasteiger partial charge in [0.25, 0.3) is 5.91 Å². The van der Waals surface area contributed by atoms with Crippen molar-refractivity contribution in [3.63, 3.8) is 0 Å². The molecule has 2 heterocycles. The zero-order chi connectivity index (χ0) is 26.5. The molecular formula is C29H28N4O4S. The largest absolute Gasteiger partial charge is 0.350 e. The Labute approximate surface area is 225 Å². The van der Waals surface area contributed by atoms with Gasteiger partial charge in [-0.15, -0.1) is 11.8 Å². The fourth-order valence-electron chi connectivity index (χ4n) is 4.67. The van der Waals surface area contributed by atoms with Crippen LogP contribution in [0.1, 0.15) is 29.2 Å². The molecule has 0 bridgehead atoms. The number of hydrogen-bond acceptors (Lipinski definition) is 5. The molecule has 0 aliphatic carbocycles. The average Bonchev–Trinajstić information content (AvgIpc) is 3.35. The second-order valence-corrected chi connectivity index (χ2v) is 10.4. The van der Waals surface area contributed by atoms with Crippen LogP contribution in [0.2, 0.25) is 0 Å². The first-order valence-electron chi connectivity index (χ1n) is 12.5. The first-order chi connectivity index (χ1) is 18.5. The maximum absolute atomic E-state index is 14.1. The zero-order valence-corrected chi connectivity index (χ0v) is 21.4. The van der Waals surface area contributed by atoms with E-state index in [2.05, 4.69) is 16.0 Å². The molecule has 1 fully saturated rings. The predicted octanol–water partition coefficient (Wildman–Crippen LogP) is 2.95. The molecular weight excluding hydrogens is 500 g/mol. The van der Waals surface area contributed by atoms with Gasteiger partial charge in [-0.1, -0.05) is 72.8 Å². The van der Waals surface area contributed by atoms with E-state index in [1.807, 2.05) is 84.9 Å². The van der Waals surface area contributed by atoms with E-state index < -0.39 is 23.2 Å². The number of nitrogens with zero attached hydrogens (tertiary/aromatic N) is 1. The summed E-state index contributed by atoms with van der Waals surface area (Å²) in [4.78, 5) is 54.4. The van der Waals surface area contributed by atoms with Crippen LogP contribution in [0, 0.1) is 0 Å². The van der Waals surface area contributed by atoms with Gasteiger partial charge in [0.15, 0.2) is 0 Å². The number of hydrogen-bond donors (Lipinski definition) is 3. The SMILES string of the molecule is O=C(CN1C(=O)[C@@H](NC(=O)[C@@H]2CCC(=O)N2)[C@@H](c2ccccc2)Sc2ccccc21)NCc1ccccc1. The molecule has 3 aromatic carbocycles. The van der Waals surface area contributed by atoms with Gasteiger partial charge in [-0.3, -0.25) is 19.2 Å². The van der Waals surface area contributed by atoms with E-state index in [0.29, 0.717) is 18.7 Å². The molecule has 3 N–H and O–H groups in total. The number of amides is 4.